The van der Waals surface area contributed by atoms with Crippen molar-refractivity contribution in [2.24, 2.45) is 10.8 Å². The Labute approximate surface area is 323 Å². The number of aliphatic hydroxyl groups excluding tert-OH is 1. The first kappa shape index (κ1) is 40.8. The molecule has 0 amide bonds. The second kappa shape index (κ2) is 15.9. The molecule has 0 atom stereocenters. The van der Waals surface area contributed by atoms with E-state index in [1.807, 2.05) is 78.9 Å². The number of hydrogen-bond donors (Lipinski definition) is 1. The Bertz CT molecular complexity index is 2220. The number of aromatic nitrogens is 1. The van der Waals surface area contributed by atoms with Crippen molar-refractivity contribution in [3.05, 3.63) is 102 Å². The van der Waals surface area contributed by atoms with Crippen LogP contribution in [0.25, 0.3) is 55.3 Å². The SMILES string of the molecule is CCC(C)(CC)C(=O)/C=C(\O)C(C)(CC)CC.Cc1oc2ccccc2c1-c1oc2ccnc(-c3[c-]c4ccccc4c(C(C)(C)C)c3)c2c1C.[Ir]. The molecule has 6 aromatic rings. The molecule has 5 nitrogen and oxygen atoms in total. The van der Waals surface area contributed by atoms with Gasteiger partial charge in [0.1, 0.15) is 28.4 Å². The Hall–Kier alpha value is -3.99. The van der Waals surface area contributed by atoms with E-state index in [1.165, 1.54) is 17.0 Å². The second-order valence-electron chi connectivity index (χ2n) is 15.4. The zero-order chi connectivity index (χ0) is 37.3. The molecule has 1 N–H and O–H groups in total. The Morgan fingerprint density at radius 1 is 0.808 bits per heavy atom. The minimum atomic E-state index is -0.337. The van der Waals surface area contributed by atoms with Crippen molar-refractivity contribution in [3.63, 3.8) is 0 Å². The number of para-hydroxylation sites is 1. The first-order chi connectivity index (χ1) is 24.1. The summed E-state index contributed by atoms with van der Waals surface area (Å²) in [5.74, 6) is 1.97. The smallest absolute Gasteiger partial charge is 0.164 e. The topological polar surface area (TPSA) is 76.5 Å². The van der Waals surface area contributed by atoms with Crippen LogP contribution in [-0.4, -0.2) is 15.9 Å². The number of aliphatic hydroxyl groups is 1. The van der Waals surface area contributed by atoms with Gasteiger partial charge in [0.2, 0.25) is 0 Å². The van der Waals surface area contributed by atoms with Crippen LogP contribution in [0.3, 0.4) is 0 Å². The van der Waals surface area contributed by atoms with Crippen molar-refractivity contribution in [3.8, 4) is 22.6 Å². The Morgan fingerprint density at radius 3 is 2.02 bits per heavy atom. The predicted molar refractivity (Wildman–Crippen MR) is 212 cm³/mol. The predicted octanol–water partition coefficient (Wildman–Crippen LogP) is 13.4. The summed E-state index contributed by atoms with van der Waals surface area (Å²) in [6.07, 6.45) is 6.58. The third-order valence-corrected chi connectivity index (χ3v) is 11.3. The van der Waals surface area contributed by atoms with E-state index in [0.717, 1.165) is 86.9 Å². The first-order valence-electron chi connectivity index (χ1n) is 18.4. The fraction of sp³-hybridized carbons (Fsp3) is 0.391. The fourth-order valence-corrected chi connectivity index (χ4v) is 6.75. The molecule has 3 aromatic carbocycles. The quantitative estimate of drug-likeness (QED) is 0.0889. The standard InChI is InChI=1S/C31H26NO2.C15H28O2.Ir/c1-18-27-26(34-30(18)28-19(2)33-25-13-9-8-12-23(25)28)14-15-32-29(27)21-16-20-10-6-7-11-22(20)24(17-21)31(3,4)5;1-7-14(5,8-2)12(16)11-13(17)15(6,9-3)10-4;/h6-15,17H,1-5H3;11,16H,7-10H2,1-6H3;/q-1;;/b;12-11-;. The van der Waals surface area contributed by atoms with Gasteiger partial charge in [-0.2, -0.15) is 0 Å². The number of nitrogens with zero attached hydrogens (tertiary/aromatic N) is 1. The maximum Gasteiger partial charge on any atom is 0.164 e. The third kappa shape index (κ3) is 7.70. The summed E-state index contributed by atoms with van der Waals surface area (Å²) >= 11 is 0. The van der Waals surface area contributed by atoms with Gasteiger partial charge in [0.15, 0.2) is 5.78 Å². The van der Waals surface area contributed by atoms with Crippen LogP contribution in [0.5, 0.6) is 0 Å². The van der Waals surface area contributed by atoms with Crippen LogP contribution in [-0.2, 0) is 30.3 Å². The number of furan rings is 2. The molecule has 0 spiro atoms. The van der Waals surface area contributed by atoms with Crippen molar-refractivity contribution >= 4 is 38.5 Å². The summed E-state index contributed by atoms with van der Waals surface area (Å²) in [5, 5.41) is 14.5. The monoisotopic (exact) mass is 877 g/mol. The van der Waals surface area contributed by atoms with E-state index in [-0.39, 0.29) is 47.9 Å². The molecule has 0 saturated carbocycles. The minimum Gasteiger partial charge on any atom is -0.512 e. The minimum absolute atomic E-state index is 0. The van der Waals surface area contributed by atoms with E-state index in [4.69, 9.17) is 13.8 Å². The summed E-state index contributed by atoms with van der Waals surface area (Å²) in [6.45, 7) is 22.9. The molecule has 0 bridgehead atoms. The summed E-state index contributed by atoms with van der Waals surface area (Å²) in [5.41, 5.74) is 6.31. The van der Waals surface area contributed by atoms with Gasteiger partial charge in [-0.05, 0) is 62.6 Å². The van der Waals surface area contributed by atoms with Gasteiger partial charge in [-0.15, -0.1) is 29.1 Å². The van der Waals surface area contributed by atoms with Gasteiger partial charge in [-0.3, -0.25) is 9.78 Å². The Kier molecular flexibility index (Phi) is 12.5. The number of allylic oxidation sites excluding steroid dienone is 2. The second-order valence-corrected chi connectivity index (χ2v) is 15.4. The molecule has 0 fully saturated rings. The van der Waals surface area contributed by atoms with Crippen molar-refractivity contribution in [1.82, 2.24) is 4.98 Å². The van der Waals surface area contributed by atoms with Crippen LogP contribution in [0.15, 0.2) is 87.5 Å². The van der Waals surface area contributed by atoms with Gasteiger partial charge in [0.05, 0.1) is 5.56 Å². The maximum atomic E-state index is 12.2. The summed E-state index contributed by atoms with van der Waals surface area (Å²) in [6, 6.07) is 24.4. The third-order valence-electron chi connectivity index (χ3n) is 11.3. The molecule has 277 valence electrons. The zero-order valence-corrected chi connectivity index (χ0v) is 35.1. The molecule has 0 unspecified atom stereocenters. The number of rotatable bonds is 9. The normalized spacial score (nSPS) is 12.6. The number of fused-ring (bicyclic) bond motifs is 3. The van der Waals surface area contributed by atoms with Gasteiger partial charge in [-0.25, -0.2) is 0 Å². The van der Waals surface area contributed by atoms with Crippen LogP contribution >= 0.6 is 0 Å². The number of benzene rings is 3. The summed E-state index contributed by atoms with van der Waals surface area (Å²) in [7, 11) is 0. The van der Waals surface area contributed by atoms with E-state index in [2.05, 4.69) is 70.2 Å². The molecule has 3 heterocycles. The van der Waals surface area contributed by atoms with Gasteiger partial charge in [-0.1, -0.05) is 110 Å². The van der Waals surface area contributed by atoms with E-state index in [1.54, 1.807) is 0 Å². The average molecular weight is 877 g/mol. The van der Waals surface area contributed by atoms with E-state index in [9.17, 15) is 9.90 Å². The van der Waals surface area contributed by atoms with Gasteiger partial charge in [0.25, 0.3) is 0 Å². The number of hydrogen-bond acceptors (Lipinski definition) is 5. The molecular weight excluding hydrogens is 823 g/mol. The van der Waals surface area contributed by atoms with Crippen LogP contribution < -0.4 is 0 Å². The van der Waals surface area contributed by atoms with Crippen molar-refractivity contribution in [2.75, 3.05) is 0 Å². The Morgan fingerprint density at radius 2 is 1.40 bits per heavy atom. The summed E-state index contributed by atoms with van der Waals surface area (Å²) in [4.78, 5) is 17.0. The van der Waals surface area contributed by atoms with Crippen LogP contribution in [0.2, 0.25) is 0 Å². The van der Waals surface area contributed by atoms with Gasteiger partial charge >= 0.3 is 0 Å². The van der Waals surface area contributed by atoms with E-state index in [0.29, 0.717) is 0 Å². The molecular formula is C46H54IrNO4-. The maximum absolute atomic E-state index is 12.2. The molecule has 6 rings (SSSR count). The molecule has 0 aliphatic rings. The molecule has 3 aromatic heterocycles. The Balaban J connectivity index is 0.000000289. The molecule has 6 heteroatoms. The fourth-order valence-electron chi connectivity index (χ4n) is 6.75. The molecule has 52 heavy (non-hydrogen) atoms. The molecule has 0 aliphatic carbocycles. The van der Waals surface area contributed by atoms with Crippen LogP contribution in [0, 0.1) is 30.7 Å². The van der Waals surface area contributed by atoms with Crippen LogP contribution in [0.1, 0.15) is 105 Å². The van der Waals surface area contributed by atoms with Crippen molar-refractivity contribution in [2.45, 2.75) is 107 Å². The number of aryl methyl sites for hydroxylation is 2. The van der Waals surface area contributed by atoms with Crippen LogP contribution in [0.4, 0.5) is 0 Å². The molecule has 0 aliphatic heterocycles. The van der Waals surface area contributed by atoms with Crippen molar-refractivity contribution < 1.29 is 38.8 Å². The van der Waals surface area contributed by atoms with E-state index >= 15 is 0 Å². The average Bonchev–Trinajstić information content (AvgIpc) is 3.64. The number of carbonyl (C=O) groups is 1. The number of pyridine rings is 1. The summed E-state index contributed by atoms with van der Waals surface area (Å²) < 4.78 is 12.5. The zero-order valence-electron chi connectivity index (χ0n) is 32.7. The molecule has 0 saturated heterocycles. The molecule has 1 radical (unpaired) electrons. The van der Waals surface area contributed by atoms with E-state index < -0.39 is 0 Å². The number of ketones is 1. The largest absolute Gasteiger partial charge is 0.512 e. The van der Waals surface area contributed by atoms with Gasteiger partial charge in [0, 0.05) is 59.7 Å². The van der Waals surface area contributed by atoms with Crippen molar-refractivity contribution in [1.29, 1.82) is 0 Å². The first-order valence-corrected chi connectivity index (χ1v) is 18.4. The number of carbonyl (C=O) groups excluding carboxylic acids is 1. The van der Waals surface area contributed by atoms with Gasteiger partial charge < -0.3 is 13.9 Å².